The molecule has 0 atom stereocenters. The van der Waals surface area contributed by atoms with E-state index in [1.807, 2.05) is 32.0 Å². The summed E-state index contributed by atoms with van der Waals surface area (Å²) in [4.78, 5) is 13.2. The molecule has 1 aliphatic rings. The van der Waals surface area contributed by atoms with Gasteiger partial charge in [0.1, 0.15) is 5.75 Å². The summed E-state index contributed by atoms with van der Waals surface area (Å²) in [6.07, 6.45) is 0.638. The van der Waals surface area contributed by atoms with Gasteiger partial charge in [0.05, 0.1) is 36.5 Å². The van der Waals surface area contributed by atoms with Crippen LogP contribution in [0.3, 0.4) is 0 Å². The number of benzene rings is 3. The molecule has 1 aliphatic heterocycles. The van der Waals surface area contributed by atoms with Crippen LogP contribution in [0.1, 0.15) is 29.8 Å². The fraction of sp³-hybridized carbons (Fsp3) is 0.269. The molecule has 1 amide bonds. The Morgan fingerprint density at radius 3 is 2.40 bits per heavy atom. The Morgan fingerprint density at radius 2 is 1.66 bits per heavy atom. The molecule has 9 heteroatoms. The highest BCUT2D eigenvalue weighted by molar-refractivity contribution is 7.92. The van der Waals surface area contributed by atoms with Gasteiger partial charge in [-0.15, -0.1) is 0 Å². The molecule has 0 saturated carbocycles. The summed E-state index contributed by atoms with van der Waals surface area (Å²) in [6.45, 7) is 4.99. The first-order valence-corrected chi connectivity index (χ1v) is 12.8. The molecular formula is C26H28N2O6S. The Morgan fingerprint density at radius 1 is 0.943 bits per heavy atom. The second kappa shape index (κ2) is 10.3. The SMILES string of the molecule is CCOc1ccc(NC(=O)c2cc(S(=O)(=O)N3CCc4ccccc43)ccc2OC)cc1OCC. The summed E-state index contributed by atoms with van der Waals surface area (Å²) >= 11 is 0. The maximum atomic E-state index is 13.5. The zero-order chi connectivity index (χ0) is 25.0. The normalized spacial score (nSPS) is 12.7. The van der Waals surface area contributed by atoms with Crippen LogP contribution in [0.25, 0.3) is 0 Å². The van der Waals surface area contributed by atoms with Gasteiger partial charge in [-0.1, -0.05) is 18.2 Å². The van der Waals surface area contributed by atoms with Crippen molar-refractivity contribution < 1.29 is 27.4 Å². The third-order valence-corrected chi connectivity index (χ3v) is 7.46. The first-order valence-electron chi connectivity index (χ1n) is 11.4. The average molecular weight is 497 g/mol. The summed E-state index contributed by atoms with van der Waals surface area (Å²) < 4.78 is 44.9. The number of ether oxygens (including phenoxy) is 3. The van der Waals surface area contributed by atoms with Gasteiger partial charge in [0, 0.05) is 18.3 Å². The Labute approximate surface area is 205 Å². The Hall–Kier alpha value is -3.72. The van der Waals surface area contributed by atoms with Gasteiger partial charge in [0.15, 0.2) is 11.5 Å². The highest BCUT2D eigenvalue weighted by atomic mass is 32.2. The second-order valence-corrected chi connectivity index (χ2v) is 9.66. The lowest BCUT2D eigenvalue weighted by molar-refractivity contribution is 0.102. The summed E-state index contributed by atoms with van der Waals surface area (Å²) in [6, 6.07) is 16.8. The highest BCUT2D eigenvalue weighted by Crippen LogP contribution is 2.35. The number of sulfonamides is 1. The molecule has 1 heterocycles. The van der Waals surface area contributed by atoms with Crippen molar-refractivity contribution in [2.45, 2.75) is 25.2 Å². The molecule has 3 aromatic rings. The monoisotopic (exact) mass is 496 g/mol. The predicted octanol–water partition coefficient (Wildman–Crippen LogP) is 4.50. The van der Waals surface area contributed by atoms with Crippen molar-refractivity contribution in [1.29, 1.82) is 0 Å². The van der Waals surface area contributed by atoms with E-state index in [2.05, 4.69) is 5.32 Å². The first kappa shape index (κ1) is 24.4. The van der Waals surface area contributed by atoms with Gasteiger partial charge in [-0.2, -0.15) is 0 Å². The number of methoxy groups -OCH3 is 1. The highest BCUT2D eigenvalue weighted by Gasteiger charge is 2.31. The van der Waals surface area contributed by atoms with Gasteiger partial charge in [-0.25, -0.2) is 8.42 Å². The fourth-order valence-electron chi connectivity index (χ4n) is 4.04. The Balaban J connectivity index is 1.64. The van der Waals surface area contributed by atoms with Crippen molar-refractivity contribution in [1.82, 2.24) is 0 Å². The lowest BCUT2D eigenvalue weighted by Crippen LogP contribution is -2.29. The van der Waals surface area contributed by atoms with Crippen molar-refractivity contribution in [3.05, 3.63) is 71.8 Å². The van der Waals surface area contributed by atoms with E-state index in [4.69, 9.17) is 14.2 Å². The molecule has 8 nitrogen and oxygen atoms in total. The number of carbonyl (C=O) groups is 1. The number of para-hydroxylation sites is 1. The quantitative estimate of drug-likeness (QED) is 0.469. The molecule has 0 aromatic heterocycles. The molecule has 0 aliphatic carbocycles. The van der Waals surface area contributed by atoms with Crippen LogP contribution in [-0.2, 0) is 16.4 Å². The summed E-state index contributed by atoms with van der Waals surface area (Å²) in [5.74, 6) is 0.832. The van der Waals surface area contributed by atoms with Crippen LogP contribution in [0.15, 0.2) is 65.6 Å². The molecule has 0 radical (unpaired) electrons. The Bertz CT molecular complexity index is 1340. The van der Waals surface area contributed by atoms with Crippen LogP contribution in [0.4, 0.5) is 11.4 Å². The van der Waals surface area contributed by atoms with Gasteiger partial charge < -0.3 is 19.5 Å². The lowest BCUT2D eigenvalue weighted by atomic mass is 10.1. The number of amides is 1. The topological polar surface area (TPSA) is 94.2 Å². The van der Waals surface area contributed by atoms with Gasteiger partial charge >= 0.3 is 0 Å². The van der Waals surface area contributed by atoms with E-state index in [1.54, 1.807) is 24.3 Å². The molecule has 0 saturated heterocycles. The van der Waals surface area contributed by atoms with Crippen LogP contribution in [0.2, 0.25) is 0 Å². The van der Waals surface area contributed by atoms with Gasteiger partial charge in [-0.05, 0) is 62.2 Å². The second-order valence-electron chi connectivity index (χ2n) is 7.80. The van der Waals surface area contributed by atoms with Crippen LogP contribution in [0.5, 0.6) is 17.2 Å². The van der Waals surface area contributed by atoms with E-state index in [0.717, 1.165) is 5.56 Å². The Kier molecular flexibility index (Phi) is 7.16. The molecule has 0 bridgehead atoms. The first-order chi connectivity index (χ1) is 16.9. The van der Waals surface area contributed by atoms with E-state index >= 15 is 0 Å². The number of hydrogen-bond acceptors (Lipinski definition) is 6. The molecule has 1 N–H and O–H groups in total. The average Bonchev–Trinajstić information content (AvgIpc) is 3.30. The number of hydrogen-bond donors (Lipinski definition) is 1. The van der Waals surface area contributed by atoms with E-state index in [-0.39, 0.29) is 16.2 Å². The van der Waals surface area contributed by atoms with Crippen molar-refractivity contribution in [2.75, 3.05) is 36.5 Å². The minimum atomic E-state index is -3.87. The zero-order valence-electron chi connectivity index (χ0n) is 19.9. The van der Waals surface area contributed by atoms with Crippen molar-refractivity contribution >= 4 is 27.3 Å². The van der Waals surface area contributed by atoms with E-state index in [9.17, 15) is 13.2 Å². The van der Waals surface area contributed by atoms with Crippen molar-refractivity contribution in [2.24, 2.45) is 0 Å². The van der Waals surface area contributed by atoms with Gasteiger partial charge in [0.2, 0.25) is 0 Å². The molecule has 184 valence electrons. The largest absolute Gasteiger partial charge is 0.496 e. The number of nitrogens with one attached hydrogen (secondary N) is 1. The van der Waals surface area contributed by atoms with Crippen LogP contribution < -0.4 is 23.8 Å². The maximum absolute atomic E-state index is 13.5. The molecule has 0 fully saturated rings. The van der Waals surface area contributed by atoms with Gasteiger partial charge in [-0.3, -0.25) is 9.10 Å². The smallest absolute Gasteiger partial charge is 0.264 e. The number of rotatable bonds is 9. The zero-order valence-corrected chi connectivity index (χ0v) is 20.7. The summed E-state index contributed by atoms with van der Waals surface area (Å²) in [7, 11) is -2.44. The number of nitrogens with zero attached hydrogens (tertiary/aromatic N) is 1. The molecule has 3 aromatic carbocycles. The lowest BCUT2D eigenvalue weighted by Gasteiger charge is -2.20. The summed E-state index contributed by atoms with van der Waals surface area (Å²) in [5, 5.41) is 2.80. The minimum Gasteiger partial charge on any atom is -0.496 e. The van der Waals surface area contributed by atoms with Crippen LogP contribution in [-0.4, -0.2) is 41.2 Å². The van der Waals surface area contributed by atoms with Crippen LogP contribution >= 0.6 is 0 Å². The van der Waals surface area contributed by atoms with Gasteiger partial charge in [0.25, 0.3) is 15.9 Å². The number of anilines is 2. The third-order valence-electron chi connectivity index (χ3n) is 5.65. The minimum absolute atomic E-state index is 0.0156. The fourth-order valence-corrected chi connectivity index (χ4v) is 5.57. The molecular weight excluding hydrogens is 468 g/mol. The summed E-state index contributed by atoms with van der Waals surface area (Å²) in [5.41, 5.74) is 2.22. The molecule has 0 unspecified atom stereocenters. The standard InChI is InChI=1S/C26H28N2O6S/c1-4-33-24-12-10-19(16-25(24)34-5-2)27-26(29)21-17-20(11-13-23(21)32-3)35(30,31)28-15-14-18-8-6-7-9-22(18)28/h6-13,16-17H,4-5,14-15H2,1-3H3,(H,27,29). The number of carbonyl (C=O) groups excluding carboxylic acids is 1. The number of fused-ring (bicyclic) bond motifs is 1. The maximum Gasteiger partial charge on any atom is 0.264 e. The third kappa shape index (κ3) is 4.90. The van der Waals surface area contributed by atoms with E-state index in [1.165, 1.54) is 29.6 Å². The molecule has 35 heavy (non-hydrogen) atoms. The molecule has 4 rings (SSSR count). The van der Waals surface area contributed by atoms with Crippen molar-refractivity contribution in [3.63, 3.8) is 0 Å². The van der Waals surface area contributed by atoms with E-state index < -0.39 is 15.9 Å². The predicted molar refractivity (Wildman–Crippen MR) is 134 cm³/mol. The van der Waals surface area contributed by atoms with E-state index in [0.29, 0.717) is 49.1 Å². The van der Waals surface area contributed by atoms with Crippen LogP contribution in [0, 0.1) is 0 Å². The van der Waals surface area contributed by atoms with Crippen molar-refractivity contribution in [3.8, 4) is 17.2 Å². The molecule has 0 spiro atoms.